The van der Waals surface area contributed by atoms with Crippen LogP contribution in [0, 0.1) is 0 Å². The first kappa shape index (κ1) is 15.9. The van der Waals surface area contributed by atoms with E-state index >= 15 is 0 Å². The van der Waals surface area contributed by atoms with E-state index in [9.17, 15) is 9.59 Å². The van der Waals surface area contributed by atoms with Gasteiger partial charge in [0, 0.05) is 20.0 Å². The summed E-state index contributed by atoms with van der Waals surface area (Å²) in [6, 6.07) is 6.96. The number of thiocarbonyl (C=S) groups is 1. The lowest BCUT2D eigenvalue weighted by Crippen LogP contribution is -2.32. The van der Waals surface area contributed by atoms with E-state index in [0.29, 0.717) is 11.3 Å². The third-order valence-electron chi connectivity index (χ3n) is 2.46. The summed E-state index contributed by atoms with van der Waals surface area (Å²) < 4.78 is 5.36. The Morgan fingerprint density at radius 3 is 2.65 bits per heavy atom. The number of carbonyl (C=O) groups excluding carboxylic acids is 2. The number of hydrogen-bond donors (Lipinski definition) is 3. The zero-order chi connectivity index (χ0) is 15.0. The molecule has 0 saturated heterocycles. The smallest absolute Gasteiger partial charge is 0.257 e. The highest BCUT2D eigenvalue weighted by Gasteiger charge is 2.08. The molecule has 0 spiro atoms. The Hall–Kier alpha value is -2.15. The maximum atomic E-state index is 11.5. The van der Waals surface area contributed by atoms with Gasteiger partial charge >= 0.3 is 0 Å². The molecule has 0 unspecified atom stereocenters. The van der Waals surface area contributed by atoms with Gasteiger partial charge in [-0.2, -0.15) is 0 Å². The first-order valence-electron chi connectivity index (χ1n) is 6.03. The van der Waals surface area contributed by atoms with E-state index in [1.807, 2.05) is 0 Å². The number of ether oxygens (including phenoxy) is 1. The first-order valence-corrected chi connectivity index (χ1v) is 6.44. The molecule has 4 N–H and O–H groups in total. The van der Waals surface area contributed by atoms with Gasteiger partial charge < -0.3 is 21.1 Å². The molecule has 0 atom stereocenters. The summed E-state index contributed by atoms with van der Waals surface area (Å²) in [6.07, 6.45) is 0.228. The molecule has 0 heterocycles. The Morgan fingerprint density at radius 2 is 2.00 bits per heavy atom. The minimum absolute atomic E-state index is 0.134. The third-order valence-corrected chi connectivity index (χ3v) is 2.68. The molecular weight excluding hydrogens is 278 g/mol. The topological polar surface area (TPSA) is 93.5 Å². The number of amides is 2. The summed E-state index contributed by atoms with van der Waals surface area (Å²) in [4.78, 5) is 22.7. The second-order valence-electron chi connectivity index (χ2n) is 3.92. The Balaban J connectivity index is 2.41. The minimum atomic E-state index is -0.313. The van der Waals surface area contributed by atoms with Crippen molar-refractivity contribution in [2.24, 2.45) is 5.73 Å². The van der Waals surface area contributed by atoms with Crippen LogP contribution in [-0.2, 0) is 9.59 Å². The molecule has 1 rings (SSSR count). The molecule has 1 aromatic rings. The van der Waals surface area contributed by atoms with Gasteiger partial charge in [0.15, 0.2) is 6.61 Å². The van der Waals surface area contributed by atoms with Crippen LogP contribution in [0.3, 0.4) is 0 Å². The van der Waals surface area contributed by atoms with Crippen LogP contribution in [0.1, 0.15) is 12.0 Å². The van der Waals surface area contributed by atoms with Crippen molar-refractivity contribution in [1.29, 1.82) is 0 Å². The van der Waals surface area contributed by atoms with Crippen molar-refractivity contribution in [1.82, 2.24) is 10.6 Å². The molecule has 0 aliphatic heterocycles. The standard InChI is InChI=1S/C13H17N3O3S/c1-15-11(17)6-7-16-12(18)8-19-10-5-3-2-4-9(10)13(14)20/h2-5H,6-8H2,1H3,(H2,14,20)(H,15,17)(H,16,18). The van der Waals surface area contributed by atoms with Crippen molar-refractivity contribution in [3.8, 4) is 5.75 Å². The Morgan fingerprint density at radius 1 is 1.30 bits per heavy atom. The average molecular weight is 295 g/mol. The number of rotatable bonds is 7. The first-order chi connectivity index (χ1) is 9.54. The number of nitrogens with one attached hydrogen (secondary N) is 2. The molecule has 0 bridgehead atoms. The normalized spacial score (nSPS) is 9.65. The van der Waals surface area contributed by atoms with Crippen LogP contribution in [0.2, 0.25) is 0 Å². The highest BCUT2D eigenvalue weighted by Crippen LogP contribution is 2.17. The Bertz CT molecular complexity index is 505. The quantitative estimate of drug-likeness (QED) is 0.613. The number of nitrogens with two attached hydrogens (primary N) is 1. The zero-order valence-corrected chi connectivity index (χ0v) is 12.0. The van der Waals surface area contributed by atoms with Gasteiger partial charge in [0.2, 0.25) is 5.91 Å². The number of benzene rings is 1. The molecule has 0 fully saturated rings. The Labute approximate surface area is 122 Å². The van der Waals surface area contributed by atoms with Gasteiger partial charge in [-0.15, -0.1) is 0 Å². The summed E-state index contributed by atoms with van der Waals surface area (Å²) in [6.45, 7) is 0.103. The van der Waals surface area contributed by atoms with Crippen LogP contribution in [0.5, 0.6) is 5.75 Å². The summed E-state index contributed by atoms with van der Waals surface area (Å²) in [5.74, 6) is 0.0122. The van der Waals surface area contributed by atoms with E-state index in [0.717, 1.165) is 0 Å². The molecule has 108 valence electrons. The second kappa shape index (κ2) is 8.11. The van der Waals surface area contributed by atoms with Gasteiger partial charge in [-0.25, -0.2) is 0 Å². The summed E-state index contributed by atoms with van der Waals surface area (Å²) in [5, 5.41) is 5.04. The molecule has 1 aromatic carbocycles. The van der Waals surface area contributed by atoms with E-state index < -0.39 is 0 Å². The SMILES string of the molecule is CNC(=O)CCNC(=O)COc1ccccc1C(N)=S. The van der Waals surface area contributed by atoms with Crippen LogP contribution < -0.4 is 21.1 Å². The van der Waals surface area contributed by atoms with Crippen molar-refractivity contribution in [3.05, 3.63) is 29.8 Å². The van der Waals surface area contributed by atoms with Gasteiger partial charge in [-0.05, 0) is 12.1 Å². The predicted molar refractivity (Wildman–Crippen MR) is 79.5 cm³/mol. The number of para-hydroxylation sites is 1. The summed E-state index contributed by atoms with van der Waals surface area (Å²) >= 11 is 4.89. The van der Waals surface area contributed by atoms with Gasteiger partial charge in [-0.3, -0.25) is 9.59 Å². The van der Waals surface area contributed by atoms with Gasteiger partial charge in [0.25, 0.3) is 5.91 Å². The fourth-order valence-corrected chi connectivity index (χ4v) is 1.60. The maximum Gasteiger partial charge on any atom is 0.257 e. The van der Waals surface area contributed by atoms with Crippen molar-refractivity contribution in [2.75, 3.05) is 20.2 Å². The van der Waals surface area contributed by atoms with Gasteiger partial charge in [-0.1, -0.05) is 24.4 Å². The lowest BCUT2D eigenvalue weighted by Gasteiger charge is -2.10. The van der Waals surface area contributed by atoms with E-state index in [2.05, 4.69) is 10.6 Å². The van der Waals surface area contributed by atoms with E-state index in [4.69, 9.17) is 22.7 Å². The highest BCUT2D eigenvalue weighted by molar-refractivity contribution is 7.80. The fourth-order valence-electron chi connectivity index (χ4n) is 1.43. The largest absolute Gasteiger partial charge is 0.483 e. The van der Waals surface area contributed by atoms with Crippen LogP contribution >= 0.6 is 12.2 Å². The molecular formula is C13H17N3O3S. The van der Waals surface area contributed by atoms with Crippen LogP contribution in [0.15, 0.2) is 24.3 Å². The predicted octanol–water partition coefficient (Wildman–Crippen LogP) is -0.0481. The van der Waals surface area contributed by atoms with Crippen molar-refractivity contribution in [2.45, 2.75) is 6.42 Å². The van der Waals surface area contributed by atoms with E-state index in [-0.39, 0.29) is 36.4 Å². The van der Waals surface area contributed by atoms with Gasteiger partial charge in [0.05, 0.1) is 5.56 Å². The van der Waals surface area contributed by atoms with Crippen LogP contribution in [0.25, 0.3) is 0 Å². The molecule has 0 aliphatic carbocycles. The molecule has 6 nitrogen and oxygen atoms in total. The summed E-state index contributed by atoms with van der Waals surface area (Å²) in [5.41, 5.74) is 6.14. The van der Waals surface area contributed by atoms with Crippen molar-refractivity contribution < 1.29 is 14.3 Å². The van der Waals surface area contributed by atoms with Crippen LogP contribution in [0.4, 0.5) is 0 Å². The third kappa shape index (κ3) is 5.23. The average Bonchev–Trinajstić information content (AvgIpc) is 2.45. The summed E-state index contributed by atoms with van der Waals surface area (Å²) in [7, 11) is 1.54. The molecule has 0 aromatic heterocycles. The monoisotopic (exact) mass is 295 g/mol. The molecule has 0 saturated carbocycles. The molecule has 2 amide bonds. The lowest BCUT2D eigenvalue weighted by molar-refractivity contribution is -0.123. The van der Waals surface area contributed by atoms with E-state index in [1.165, 1.54) is 0 Å². The maximum absolute atomic E-state index is 11.5. The van der Waals surface area contributed by atoms with E-state index in [1.54, 1.807) is 31.3 Å². The molecule has 7 heteroatoms. The fraction of sp³-hybridized carbons (Fsp3) is 0.308. The van der Waals surface area contributed by atoms with Crippen LogP contribution in [-0.4, -0.2) is 37.0 Å². The molecule has 0 aliphatic rings. The molecule has 20 heavy (non-hydrogen) atoms. The van der Waals surface area contributed by atoms with Crippen molar-refractivity contribution >= 4 is 29.0 Å². The lowest BCUT2D eigenvalue weighted by atomic mass is 10.2. The molecule has 0 radical (unpaired) electrons. The minimum Gasteiger partial charge on any atom is -0.483 e. The zero-order valence-electron chi connectivity index (χ0n) is 11.1. The van der Waals surface area contributed by atoms with Crippen molar-refractivity contribution in [3.63, 3.8) is 0 Å². The number of carbonyl (C=O) groups is 2. The second-order valence-corrected chi connectivity index (χ2v) is 4.36. The Kier molecular flexibility index (Phi) is 6.45. The highest BCUT2D eigenvalue weighted by atomic mass is 32.1. The number of hydrogen-bond acceptors (Lipinski definition) is 4. The van der Waals surface area contributed by atoms with Gasteiger partial charge in [0.1, 0.15) is 10.7 Å².